The highest BCUT2D eigenvalue weighted by Crippen LogP contribution is 2.30. The van der Waals surface area contributed by atoms with E-state index in [1.54, 1.807) is 7.11 Å². The van der Waals surface area contributed by atoms with Crippen molar-refractivity contribution < 1.29 is 4.74 Å². The first-order chi connectivity index (χ1) is 14.9. The van der Waals surface area contributed by atoms with Gasteiger partial charge in [0.05, 0.1) is 24.7 Å². The van der Waals surface area contributed by atoms with Crippen LogP contribution in [0.1, 0.15) is 22.4 Å². The van der Waals surface area contributed by atoms with Crippen LogP contribution in [0.3, 0.4) is 0 Å². The number of hydrogen-bond acceptors (Lipinski definition) is 7. The lowest BCUT2D eigenvalue weighted by molar-refractivity contribution is 0.155. The number of pyridine rings is 1. The van der Waals surface area contributed by atoms with Gasteiger partial charge in [-0.2, -0.15) is 4.98 Å². The summed E-state index contributed by atoms with van der Waals surface area (Å²) in [6.07, 6.45) is 4.84. The Morgan fingerprint density at radius 3 is 2.61 bits per heavy atom. The third-order valence-electron chi connectivity index (χ3n) is 6.13. The van der Waals surface area contributed by atoms with E-state index in [1.807, 2.05) is 20.0 Å². The highest BCUT2D eigenvalue weighted by atomic mass is 35.5. The fourth-order valence-corrected chi connectivity index (χ4v) is 4.58. The summed E-state index contributed by atoms with van der Waals surface area (Å²) in [6, 6.07) is 0. The van der Waals surface area contributed by atoms with Gasteiger partial charge in [-0.25, -0.2) is 4.98 Å². The SMILES string of the molecule is COc1c(C)cnc(Cn2cc(CCN3CCN(C)CC3)c3c(Cl)nc(N)nc32)c1C. The molecule has 0 aromatic carbocycles. The van der Waals surface area contributed by atoms with Crippen molar-refractivity contribution in [2.75, 3.05) is 52.6 Å². The Kier molecular flexibility index (Phi) is 6.31. The Hall–Kier alpha value is -2.42. The van der Waals surface area contributed by atoms with Crippen LogP contribution in [-0.4, -0.2) is 76.2 Å². The molecule has 0 saturated carbocycles. The third kappa shape index (κ3) is 4.46. The quantitative estimate of drug-likeness (QED) is 0.586. The second-order valence-electron chi connectivity index (χ2n) is 8.29. The highest BCUT2D eigenvalue weighted by Gasteiger charge is 2.19. The minimum absolute atomic E-state index is 0.175. The predicted octanol–water partition coefficient (Wildman–Crippen LogP) is 2.53. The van der Waals surface area contributed by atoms with Crippen LogP contribution in [-0.2, 0) is 13.0 Å². The maximum absolute atomic E-state index is 6.52. The van der Waals surface area contributed by atoms with E-state index in [4.69, 9.17) is 22.1 Å². The Balaban J connectivity index is 1.66. The van der Waals surface area contributed by atoms with Crippen molar-refractivity contribution in [2.45, 2.75) is 26.8 Å². The van der Waals surface area contributed by atoms with Crippen LogP contribution >= 0.6 is 11.6 Å². The summed E-state index contributed by atoms with van der Waals surface area (Å²) in [5.41, 5.74) is 10.8. The number of nitrogens with zero attached hydrogens (tertiary/aromatic N) is 6. The largest absolute Gasteiger partial charge is 0.496 e. The van der Waals surface area contributed by atoms with E-state index < -0.39 is 0 Å². The van der Waals surface area contributed by atoms with E-state index in [9.17, 15) is 0 Å². The Morgan fingerprint density at radius 1 is 1.16 bits per heavy atom. The van der Waals surface area contributed by atoms with Gasteiger partial charge in [-0.05, 0) is 32.9 Å². The summed E-state index contributed by atoms with van der Waals surface area (Å²) in [7, 11) is 3.86. The van der Waals surface area contributed by atoms with Gasteiger partial charge in [-0.15, -0.1) is 0 Å². The van der Waals surface area contributed by atoms with Crippen LogP contribution in [0.15, 0.2) is 12.4 Å². The zero-order valence-electron chi connectivity index (χ0n) is 18.7. The van der Waals surface area contributed by atoms with Crippen LogP contribution in [0.2, 0.25) is 5.15 Å². The van der Waals surface area contributed by atoms with Crippen molar-refractivity contribution in [1.82, 2.24) is 29.3 Å². The molecule has 0 spiro atoms. The van der Waals surface area contributed by atoms with Crippen LogP contribution in [0.25, 0.3) is 11.0 Å². The molecule has 3 aromatic rings. The molecule has 0 atom stereocenters. The molecule has 1 aliphatic rings. The minimum atomic E-state index is 0.175. The number of halogens is 1. The number of aryl methyl sites for hydroxylation is 1. The topological polar surface area (TPSA) is 85.3 Å². The molecular weight excluding hydrogens is 414 g/mol. The maximum atomic E-state index is 6.52. The summed E-state index contributed by atoms with van der Waals surface area (Å²) in [5.74, 6) is 1.04. The molecule has 0 unspecified atom stereocenters. The summed E-state index contributed by atoms with van der Waals surface area (Å²) in [4.78, 5) is 18.2. The molecule has 31 heavy (non-hydrogen) atoms. The molecule has 1 aliphatic heterocycles. The van der Waals surface area contributed by atoms with Gasteiger partial charge < -0.3 is 24.8 Å². The number of aromatic nitrogens is 4. The number of ether oxygens (including phenoxy) is 1. The smallest absolute Gasteiger partial charge is 0.223 e. The van der Waals surface area contributed by atoms with E-state index in [2.05, 4.69) is 42.6 Å². The zero-order chi connectivity index (χ0) is 22.1. The monoisotopic (exact) mass is 443 g/mol. The van der Waals surface area contributed by atoms with Crippen molar-refractivity contribution in [3.63, 3.8) is 0 Å². The first-order valence-corrected chi connectivity index (χ1v) is 11.0. The van der Waals surface area contributed by atoms with Gasteiger partial charge in [0.1, 0.15) is 16.5 Å². The van der Waals surface area contributed by atoms with Crippen LogP contribution in [0, 0.1) is 13.8 Å². The van der Waals surface area contributed by atoms with E-state index >= 15 is 0 Å². The number of methoxy groups -OCH3 is 1. The highest BCUT2D eigenvalue weighted by molar-refractivity contribution is 6.34. The number of nitrogen functional groups attached to an aromatic ring is 1. The number of anilines is 1. The predicted molar refractivity (Wildman–Crippen MR) is 124 cm³/mol. The van der Waals surface area contributed by atoms with Crippen LogP contribution in [0.4, 0.5) is 5.95 Å². The average Bonchev–Trinajstić information content (AvgIpc) is 3.07. The van der Waals surface area contributed by atoms with E-state index in [0.717, 1.165) is 78.3 Å². The fourth-order valence-electron chi connectivity index (χ4n) is 4.29. The van der Waals surface area contributed by atoms with Gasteiger partial charge in [0.2, 0.25) is 5.95 Å². The third-order valence-corrected chi connectivity index (χ3v) is 6.40. The summed E-state index contributed by atoms with van der Waals surface area (Å²) in [5, 5.41) is 1.28. The lowest BCUT2D eigenvalue weighted by Gasteiger charge is -2.32. The van der Waals surface area contributed by atoms with Crippen LogP contribution < -0.4 is 10.5 Å². The maximum Gasteiger partial charge on any atom is 0.223 e. The van der Waals surface area contributed by atoms with Crippen molar-refractivity contribution in [3.8, 4) is 5.75 Å². The average molecular weight is 444 g/mol. The van der Waals surface area contributed by atoms with Crippen molar-refractivity contribution in [2.24, 2.45) is 0 Å². The number of fused-ring (bicyclic) bond motifs is 1. The normalized spacial score (nSPS) is 15.6. The van der Waals surface area contributed by atoms with Crippen LogP contribution in [0.5, 0.6) is 5.75 Å². The molecule has 0 bridgehead atoms. The number of hydrogen-bond donors (Lipinski definition) is 1. The lowest BCUT2D eigenvalue weighted by atomic mass is 10.1. The van der Waals surface area contributed by atoms with Crippen molar-refractivity contribution in [3.05, 3.63) is 39.9 Å². The molecule has 0 amide bonds. The summed E-state index contributed by atoms with van der Waals surface area (Å²) < 4.78 is 7.65. The molecule has 4 heterocycles. The molecule has 2 N–H and O–H groups in total. The molecule has 8 nitrogen and oxygen atoms in total. The summed E-state index contributed by atoms with van der Waals surface area (Å²) in [6.45, 7) is 9.92. The van der Waals surface area contributed by atoms with Gasteiger partial charge in [-0.1, -0.05) is 11.6 Å². The molecule has 3 aromatic heterocycles. The molecule has 0 radical (unpaired) electrons. The van der Waals surface area contributed by atoms with Crippen molar-refractivity contribution >= 4 is 28.6 Å². The zero-order valence-corrected chi connectivity index (χ0v) is 19.4. The minimum Gasteiger partial charge on any atom is -0.496 e. The van der Waals surface area contributed by atoms with Gasteiger partial charge in [0.15, 0.2) is 0 Å². The van der Waals surface area contributed by atoms with Gasteiger partial charge in [0.25, 0.3) is 0 Å². The number of piperazine rings is 1. The second-order valence-corrected chi connectivity index (χ2v) is 8.65. The lowest BCUT2D eigenvalue weighted by Crippen LogP contribution is -2.45. The first-order valence-electron chi connectivity index (χ1n) is 10.6. The standard InChI is InChI=1S/C22H30ClN7O/c1-14-11-25-17(15(2)19(14)31-4)13-30-12-16(5-6-29-9-7-28(3)8-10-29)18-20(23)26-22(24)27-21(18)30/h11-12H,5-10,13H2,1-4H3,(H2,24,26,27). The Morgan fingerprint density at radius 2 is 1.90 bits per heavy atom. The molecule has 4 rings (SSSR count). The van der Waals surface area contributed by atoms with Gasteiger partial charge >= 0.3 is 0 Å². The summed E-state index contributed by atoms with van der Waals surface area (Å²) >= 11 is 6.52. The van der Waals surface area contributed by atoms with Gasteiger partial charge in [0, 0.05) is 56.2 Å². The van der Waals surface area contributed by atoms with Crippen molar-refractivity contribution in [1.29, 1.82) is 0 Å². The number of likely N-dealkylation sites (N-methyl/N-ethyl adjacent to an activating group) is 1. The molecular formula is C22H30ClN7O. The van der Waals surface area contributed by atoms with Gasteiger partial charge in [-0.3, -0.25) is 4.98 Å². The molecule has 1 fully saturated rings. The fraction of sp³-hybridized carbons (Fsp3) is 0.500. The Bertz CT molecular complexity index is 1090. The molecule has 1 saturated heterocycles. The second kappa shape index (κ2) is 8.98. The molecule has 0 aliphatic carbocycles. The molecule has 9 heteroatoms. The number of rotatable bonds is 6. The van der Waals surface area contributed by atoms with E-state index in [-0.39, 0.29) is 5.95 Å². The van der Waals surface area contributed by atoms with E-state index in [0.29, 0.717) is 11.7 Å². The first kappa shape index (κ1) is 21.8. The Labute approximate surface area is 188 Å². The molecule has 166 valence electrons. The van der Waals surface area contributed by atoms with E-state index in [1.165, 1.54) is 0 Å². The number of nitrogens with two attached hydrogens (primary N) is 1.